The number of nitrogens with one attached hydrogen (secondary N) is 1. The first-order valence-electron chi connectivity index (χ1n) is 9.03. The van der Waals surface area contributed by atoms with E-state index in [0.29, 0.717) is 6.61 Å². The second kappa shape index (κ2) is 10.0. The van der Waals surface area contributed by atoms with Gasteiger partial charge in [-0.3, -0.25) is 0 Å². The van der Waals surface area contributed by atoms with Gasteiger partial charge in [0.15, 0.2) is 0 Å². The summed E-state index contributed by atoms with van der Waals surface area (Å²) < 4.78 is 11.0. The lowest BCUT2D eigenvalue weighted by atomic mass is 10.1. The van der Waals surface area contributed by atoms with Crippen LogP contribution in [0.4, 0.5) is 0 Å². The number of hydrogen-bond acceptors (Lipinski definition) is 3. The highest BCUT2D eigenvalue weighted by atomic mass is 35.5. The molecule has 27 heavy (non-hydrogen) atoms. The molecule has 0 atom stereocenters. The van der Waals surface area contributed by atoms with Gasteiger partial charge in [-0.15, -0.1) is 0 Å². The zero-order valence-electron chi connectivity index (χ0n) is 15.5. The van der Waals surface area contributed by atoms with Crippen LogP contribution in [0.2, 0.25) is 5.02 Å². The molecule has 0 aliphatic heterocycles. The lowest BCUT2D eigenvalue weighted by molar-refractivity contribution is 0.306. The third-order valence-electron chi connectivity index (χ3n) is 4.30. The molecule has 0 radical (unpaired) electrons. The minimum Gasteiger partial charge on any atom is -0.497 e. The molecule has 0 heterocycles. The Balaban J connectivity index is 1.39. The fourth-order valence-corrected chi connectivity index (χ4v) is 2.97. The molecule has 0 spiro atoms. The molecule has 1 N–H and O–H groups in total. The summed E-state index contributed by atoms with van der Waals surface area (Å²) in [4.78, 5) is 0. The minimum absolute atomic E-state index is 0.514. The van der Waals surface area contributed by atoms with Crippen molar-refractivity contribution in [3.05, 3.63) is 94.5 Å². The predicted molar refractivity (Wildman–Crippen MR) is 111 cm³/mol. The van der Waals surface area contributed by atoms with Gasteiger partial charge in [0.2, 0.25) is 0 Å². The maximum atomic E-state index is 5.99. The monoisotopic (exact) mass is 381 g/mol. The second-order valence-electron chi connectivity index (χ2n) is 6.34. The number of rotatable bonds is 9. The minimum atomic E-state index is 0.514. The highest BCUT2D eigenvalue weighted by Crippen LogP contribution is 2.16. The SMILES string of the molecule is COc1ccc(CCNCc2ccc(OCc3cccc(Cl)c3)cc2)cc1. The summed E-state index contributed by atoms with van der Waals surface area (Å²) in [5.41, 5.74) is 3.60. The summed E-state index contributed by atoms with van der Waals surface area (Å²) in [6, 6.07) is 24.1. The molecule has 0 amide bonds. The lowest BCUT2D eigenvalue weighted by Crippen LogP contribution is -2.16. The lowest BCUT2D eigenvalue weighted by Gasteiger charge is -2.09. The Morgan fingerprint density at radius 1 is 0.815 bits per heavy atom. The van der Waals surface area contributed by atoms with Crippen LogP contribution in [0, 0.1) is 0 Å². The molecule has 3 rings (SSSR count). The molecule has 3 nitrogen and oxygen atoms in total. The maximum Gasteiger partial charge on any atom is 0.119 e. The zero-order chi connectivity index (χ0) is 18.9. The molecule has 0 fully saturated rings. The van der Waals surface area contributed by atoms with Gasteiger partial charge in [0, 0.05) is 11.6 Å². The Morgan fingerprint density at radius 2 is 1.52 bits per heavy atom. The molecule has 0 saturated heterocycles. The van der Waals surface area contributed by atoms with Gasteiger partial charge >= 0.3 is 0 Å². The molecule has 0 aromatic heterocycles. The van der Waals surface area contributed by atoms with E-state index in [9.17, 15) is 0 Å². The zero-order valence-corrected chi connectivity index (χ0v) is 16.2. The first-order chi connectivity index (χ1) is 13.2. The molecule has 3 aromatic rings. The summed E-state index contributed by atoms with van der Waals surface area (Å²) in [6.45, 7) is 2.28. The molecular weight excluding hydrogens is 358 g/mol. The average Bonchev–Trinajstić information content (AvgIpc) is 2.71. The van der Waals surface area contributed by atoms with Gasteiger partial charge in [0.25, 0.3) is 0 Å². The number of hydrogen-bond donors (Lipinski definition) is 1. The summed E-state index contributed by atoms with van der Waals surface area (Å²) in [7, 11) is 1.68. The molecule has 0 unspecified atom stereocenters. The van der Waals surface area contributed by atoms with Crippen molar-refractivity contribution in [2.24, 2.45) is 0 Å². The Kier molecular flexibility index (Phi) is 7.14. The highest BCUT2D eigenvalue weighted by Gasteiger charge is 1.99. The van der Waals surface area contributed by atoms with Crippen LogP contribution >= 0.6 is 11.6 Å². The van der Waals surface area contributed by atoms with Gasteiger partial charge in [-0.25, -0.2) is 0 Å². The van der Waals surface area contributed by atoms with Crippen molar-refractivity contribution < 1.29 is 9.47 Å². The van der Waals surface area contributed by atoms with Crippen molar-refractivity contribution in [3.8, 4) is 11.5 Å². The molecule has 0 bridgehead atoms. The Morgan fingerprint density at radius 3 is 2.22 bits per heavy atom. The topological polar surface area (TPSA) is 30.5 Å². The van der Waals surface area contributed by atoms with Crippen molar-refractivity contribution in [2.45, 2.75) is 19.6 Å². The maximum absolute atomic E-state index is 5.99. The van der Waals surface area contributed by atoms with Crippen LogP contribution in [0.1, 0.15) is 16.7 Å². The van der Waals surface area contributed by atoms with Crippen molar-refractivity contribution in [2.75, 3.05) is 13.7 Å². The van der Waals surface area contributed by atoms with Crippen molar-refractivity contribution in [1.29, 1.82) is 0 Å². The second-order valence-corrected chi connectivity index (χ2v) is 6.77. The van der Waals surface area contributed by atoms with Crippen LogP contribution in [0.5, 0.6) is 11.5 Å². The molecule has 0 aliphatic carbocycles. The molecule has 140 valence electrons. The van der Waals surface area contributed by atoms with E-state index in [0.717, 1.165) is 41.6 Å². The predicted octanol–water partition coefficient (Wildman–Crippen LogP) is 5.26. The Hall–Kier alpha value is -2.49. The number of benzene rings is 3. The van der Waals surface area contributed by atoms with E-state index in [1.807, 2.05) is 48.5 Å². The van der Waals surface area contributed by atoms with Crippen LogP contribution in [0.25, 0.3) is 0 Å². The van der Waals surface area contributed by atoms with E-state index < -0.39 is 0 Å². The number of halogens is 1. The van der Waals surface area contributed by atoms with E-state index in [4.69, 9.17) is 21.1 Å². The summed E-state index contributed by atoms with van der Waals surface area (Å²) in [5, 5.41) is 4.20. The van der Waals surface area contributed by atoms with Gasteiger partial charge in [-0.2, -0.15) is 0 Å². The fourth-order valence-electron chi connectivity index (χ4n) is 2.75. The van der Waals surface area contributed by atoms with E-state index in [2.05, 4.69) is 29.6 Å². The summed E-state index contributed by atoms with van der Waals surface area (Å²) in [5.74, 6) is 1.75. The van der Waals surface area contributed by atoms with E-state index >= 15 is 0 Å². The van der Waals surface area contributed by atoms with Crippen LogP contribution in [0.15, 0.2) is 72.8 Å². The largest absolute Gasteiger partial charge is 0.497 e. The third-order valence-corrected chi connectivity index (χ3v) is 4.53. The van der Waals surface area contributed by atoms with Crippen molar-refractivity contribution in [1.82, 2.24) is 5.32 Å². The first kappa shape index (κ1) is 19.3. The summed E-state index contributed by atoms with van der Waals surface area (Å²) >= 11 is 5.99. The average molecular weight is 382 g/mol. The fraction of sp³-hybridized carbons (Fsp3) is 0.217. The van der Waals surface area contributed by atoms with Crippen molar-refractivity contribution >= 4 is 11.6 Å². The molecule has 4 heteroatoms. The smallest absolute Gasteiger partial charge is 0.119 e. The van der Waals surface area contributed by atoms with Gasteiger partial charge in [-0.1, -0.05) is 48.0 Å². The van der Waals surface area contributed by atoms with Gasteiger partial charge < -0.3 is 14.8 Å². The van der Waals surface area contributed by atoms with E-state index in [1.54, 1.807) is 7.11 Å². The highest BCUT2D eigenvalue weighted by molar-refractivity contribution is 6.30. The van der Waals surface area contributed by atoms with Crippen LogP contribution < -0.4 is 14.8 Å². The van der Waals surface area contributed by atoms with Crippen LogP contribution in [-0.4, -0.2) is 13.7 Å². The quantitative estimate of drug-likeness (QED) is 0.513. The first-order valence-corrected chi connectivity index (χ1v) is 9.40. The molecular formula is C23H24ClNO2. The molecule has 0 aliphatic rings. The van der Waals surface area contributed by atoms with Crippen LogP contribution in [-0.2, 0) is 19.6 Å². The number of ether oxygens (including phenoxy) is 2. The van der Waals surface area contributed by atoms with Gasteiger partial charge in [0.1, 0.15) is 18.1 Å². The van der Waals surface area contributed by atoms with Gasteiger partial charge in [-0.05, 0) is 66.1 Å². The summed E-state index contributed by atoms with van der Waals surface area (Å²) in [6.07, 6.45) is 0.991. The Labute approximate surface area is 165 Å². The van der Waals surface area contributed by atoms with E-state index in [1.165, 1.54) is 11.1 Å². The van der Waals surface area contributed by atoms with Crippen molar-refractivity contribution in [3.63, 3.8) is 0 Å². The molecule has 3 aromatic carbocycles. The normalized spacial score (nSPS) is 10.6. The number of methoxy groups -OCH3 is 1. The van der Waals surface area contributed by atoms with E-state index in [-0.39, 0.29) is 0 Å². The van der Waals surface area contributed by atoms with Crippen LogP contribution in [0.3, 0.4) is 0 Å². The van der Waals surface area contributed by atoms with Gasteiger partial charge in [0.05, 0.1) is 7.11 Å². The molecule has 0 saturated carbocycles. The Bertz CT molecular complexity index is 832. The standard InChI is InChI=1S/C23H24ClNO2/c1-26-22-9-5-18(6-10-22)13-14-25-16-19-7-11-23(12-8-19)27-17-20-3-2-4-21(24)15-20/h2-12,15,25H,13-14,16-17H2,1H3. The third kappa shape index (κ3) is 6.31.